The number of rotatable bonds is 5. The highest BCUT2D eigenvalue weighted by molar-refractivity contribution is 7.24. The van der Waals surface area contributed by atoms with E-state index in [1.807, 2.05) is 59.0 Å². The molecule has 0 spiro atoms. The zero-order valence-corrected chi connectivity index (χ0v) is 14.1. The lowest BCUT2D eigenvalue weighted by molar-refractivity contribution is -0.136. The zero-order chi connectivity index (χ0) is 17.4. The normalized spacial score (nSPS) is 11.2. The fourth-order valence-electron chi connectivity index (χ4n) is 3.30. The van der Waals surface area contributed by atoms with Crippen LogP contribution < -0.4 is 0 Å². The van der Waals surface area contributed by atoms with Gasteiger partial charge < -0.3 is 5.11 Å². The lowest BCUT2D eigenvalue weighted by atomic mass is 9.99. The Labute approximate surface area is 148 Å². The van der Waals surface area contributed by atoms with E-state index in [4.69, 9.17) is 5.11 Å². The molecule has 0 aliphatic heterocycles. The highest BCUT2D eigenvalue weighted by atomic mass is 32.1. The Morgan fingerprint density at radius 3 is 2.52 bits per heavy atom. The summed E-state index contributed by atoms with van der Waals surface area (Å²) in [7, 11) is 0. The molecule has 0 amide bonds. The number of carbonyl (C=O) groups excluding carboxylic acids is 1. The predicted molar refractivity (Wildman–Crippen MR) is 99.6 cm³/mol. The van der Waals surface area contributed by atoms with E-state index in [0.29, 0.717) is 12.1 Å². The number of thiazole rings is 1. The number of aryl methyl sites for hydroxylation is 1. The molecule has 2 aromatic heterocycles. The lowest BCUT2D eigenvalue weighted by Crippen LogP contribution is -1.98. The summed E-state index contributed by atoms with van der Waals surface area (Å²) in [6.07, 6.45) is 1.30. The topological polar surface area (TPSA) is 58.8 Å². The van der Waals surface area contributed by atoms with Crippen molar-refractivity contribution in [2.45, 2.75) is 12.8 Å². The van der Waals surface area contributed by atoms with E-state index >= 15 is 0 Å². The molecule has 0 radical (unpaired) electrons. The molecule has 1 N–H and O–H groups in total. The maximum Gasteiger partial charge on any atom is 0.303 e. The number of aliphatic carboxylic acids is 1. The van der Waals surface area contributed by atoms with Crippen LogP contribution in [0.5, 0.6) is 0 Å². The zero-order valence-electron chi connectivity index (χ0n) is 13.3. The Kier molecular flexibility index (Phi) is 3.86. The van der Waals surface area contributed by atoms with E-state index in [0.717, 1.165) is 38.0 Å². The number of hydrogen-bond acceptors (Lipinski definition) is 3. The third-order valence-corrected chi connectivity index (χ3v) is 5.52. The van der Waals surface area contributed by atoms with Crippen LogP contribution in [-0.4, -0.2) is 21.8 Å². The molecule has 0 unspecified atom stereocenters. The number of carbonyl (C=O) groups is 2. The number of aldehydes is 1. The van der Waals surface area contributed by atoms with Crippen molar-refractivity contribution in [3.63, 3.8) is 0 Å². The Hall–Kier alpha value is -2.92. The molecule has 2 heterocycles. The van der Waals surface area contributed by atoms with Crippen LogP contribution in [-0.2, 0) is 11.2 Å². The van der Waals surface area contributed by atoms with Gasteiger partial charge in [0.05, 0.1) is 15.9 Å². The first kappa shape index (κ1) is 15.6. The smallest absolute Gasteiger partial charge is 0.303 e. The SMILES string of the molecule is O=Cc1c(-c2ccccc2)c(CCC(=O)O)c2sc3ccccc3n12. The van der Waals surface area contributed by atoms with Gasteiger partial charge in [0.1, 0.15) is 4.83 Å². The van der Waals surface area contributed by atoms with Gasteiger partial charge in [-0.15, -0.1) is 11.3 Å². The van der Waals surface area contributed by atoms with Gasteiger partial charge in [0.15, 0.2) is 6.29 Å². The second kappa shape index (κ2) is 6.18. The summed E-state index contributed by atoms with van der Waals surface area (Å²) < 4.78 is 3.05. The number of benzene rings is 2. The first-order valence-electron chi connectivity index (χ1n) is 7.98. The van der Waals surface area contributed by atoms with Crippen molar-refractivity contribution in [2.24, 2.45) is 0 Å². The van der Waals surface area contributed by atoms with E-state index in [9.17, 15) is 9.59 Å². The van der Waals surface area contributed by atoms with Crippen LogP contribution in [0.25, 0.3) is 26.2 Å². The molecule has 4 aromatic rings. The summed E-state index contributed by atoms with van der Waals surface area (Å²) in [5.41, 5.74) is 4.26. The molecular formula is C20H15NO3S. The van der Waals surface area contributed by atoms with Crippen molar-refractivity contribution in [3.8, 4) is 11.1 Å². The van der Waals surface area contributed by atoms with Crippen molar-refractivity contribution in [2.75, 3.05) is 0 Å². The molecule has 0 saturated heterocycles. The average Bonchev–Trinajstić information content (AvgIpc) is 3.14. The largest absolute Gasteiger partial charge is 0.481 e. The van der Waals surface area contributed by atoms with Crippen LogP contribution in [0.15, 0.2) is 54.6 Å². The van der Waals surface area contributed by atoms with Gasteiger partial charge in [-0.05, 0) is 29.7 Å². The molecule has 0 atom stereocenters. The average molecular weight is 349 g/mol. The molecule has 5 heteroatoms. The van der Waals surface area contributed by atoms with Gasteiger partial charge in [-0.3, -0.25) is 14.0 Å². The first-order chi connectivity index (χ1) is 12.2. The van der Waals surface area contributed by atoms with Crippen LogP contribution in [0.1, 0.15) is 22.5 Å². The summed E-state index contributed by atoms with van der Waals surface area (Å²) in [6, 6.07) is 17.6. The third kappa shape index (κ3) is 2.53. The molecule has 0 bridgehead atoms. The predicted octanol–water partition coefficient (Wildman–Crippen LogP) is 4.65. The van der Waals surface area contributed by atoms with Gasteiger partial charge in [-0.25, -0.2) is 0 Å². The molecule has 4 nitrogen and oxygen atoms in total. The van der Waals surface area contributed by atoms with Gasteiger partial charge >= 0.3 is 5.97 Å². The standard InChI is InChI=1S/C20H15NO3S/c22-12-16-19(13-6-2-1-3-7-13)14(10-11-18(23)24)20-21(16)15-8-4-5-9-17(15)25-20/h1-9,12H,10-11H2,(H,23,24). The maximum absolute atomic E-state index is 12.0. The van der Waals surface area contributed by atoms with Gasteiger partial charge in [0, 0.05) is 12.0 Å². The number of para-hydroxylation sites is 1. The number of hydrogen-bond donors (Lipinski definition) is 1. The monoisotopic (exact) mass is 349 g/mol. The quantitative estimate of drug-likeness (QED) is 0.534. The third-order valence-electron chi connectivity index (χ3n) is 4.34. The summed E-state index contributed by atoms with van der Waals surface area (Å²) in [5, 5.41) is 9.14. The number of aromatic nitrogens is 1. The fraction of sp³-hybridized carbons (Fsp3) is 0.100. The van der Waals surface area contributed by atoms with Crippen molar-refractivity contribution in [1.29, 1.82) is 0 Å². The first-order valence-corrected chi connectivity index (χ1v) is 8.79. The molecule has 0 saturated carbocycles. The second-order valence-electron chi connectivity index (χ2n) is 5.83. The van der Waals surface area contributed by atoms with Gasteiger partial charge in [-0.2, -0.15) is 0 Å². The van der Waals surface area contributed by atoms with Crippen molar-refractivity contribution >= 4 is 38.6 Å². The highest BCUT2D eigenvalue weighted by Gasteiger charge is 2.23. The van der Waals surface area contributed by atoms with E-state index in [-0.39, 0.29) is 6.42 Å². The minimum Gasteiger partial charge on any atom is -0.481 e. The van der Waals surface area contributed by atoms with Crippen molar-refractivity contribution in [3.05, 3.63) is 65.9 Å². The molecule has 0 aliphatic rings. The van der Waals surface area contributed by atoms with Crippen LogP contribution >= 0.6 is 11.3 Å². The highest BCUT2D eigenvalue weighted by Crippen LogP contribution is 2.39. The second-order valence-corrected chi connectivity index (χ2v) is 6.86. The molecular weight excluding hydrogens is 334 g/mol. The maximum atomic E-state index is 12.0. The number of carboxylic acid groups (broad SMARTS) is 1. The fourth-order valence-corrected chi connectivity index (χ4v) is 4.53. The number of nitrogens with zero attached hydrogens (tertiary/aromatic N) is 1. The summed E-state index contributed by atoms with van der Waals surface area (Å²) in [4.78, 5) is 24.1. The molecule has 124 valence electrons. The van der Waals surface area contributed by atoms with E-state index in [2.05, 4.69) is 0 Å². The molecule has 4 rings (SSSR count). The van der Waals surface area contributed by atoms with Crippen LogP contribution in [0.2, 0.25) is 0 Å². The lowest BCUT2D eigenvalue weighted by Gasteiger charge is -2.05. The Bertz CT molecular complexity index is 1090. The Morgan fingerprint density at radius 1 is 1.08 bits per heavy atom. The van der Waals surface area contributed by atoms with Crippen LogP contribution in [0.4, 0.5) is 0 Å². The minimum absolute atomic E-state index is 0.0338. The molecule has 25 heavy (non-hydrogen) atoms. The van der Waals surface area contributed by atoms with Gasteiger partial charge in [0.2, 0.25) is 0 Å². The molecule has 0 aliphatic carbocycles. The van der Waals surface area contributed by atoms with Crippen LogP contribution in [0, 0.1) is 0 Å². The van der Waals surface area contributed by atoms with Crippen LogP contribution in [0.3, 0.4) is 0 Å². The van der Waals surface area contributed by atoms with Crippen molar-refractivity contribution < 1.29 is 14.7 Å². The molecule has 0 fully saturated rings. The summed E-state index contributed by atoms with van der Waals surface area (Å²) >= 11 is 1.60. The van der Waals surface area contributed by atoms with E-state index < -0.39 is 5.97 Å². The van der Waals surface area contributed by atoms with E-state index in [1.54, 1.807) is 11.3 Å². The van der Waals surface area contributed by atoms with Gasteiger partial charge in [0.25, 0.3) is 0 Å². The molecule has 2 aromatic carbocycles. The number of carboxylic acids is 1. The Balaban J connectivity index is 2.09. The number of fused-ring (bicyclic) bond motifs is 3. The minimum atomic E-state index is -0.841. The summed E-state index contributed by atoms with van der Waals surface area (Å²) in [6.45, 7) is 0. The van der Waals surface area contributed by atoms with Crippen molar-refractivity contribution in [1.82, 2.24) is 4.40 Å². The van der Waals surface area contributed by atoms with E-state index in [1.165, 1.54) is 0 Å². The van der Waals surface area contributed by atoms with Gasteiger partial charge in [-0.1, -0.05) is 42.5 Å². The summed E-state index contributed by atoms with van der Waals surface area (Å²) in [5.74, 6) is -0.841. The Morgan fingerprint density at radius 2 is 1.80 bits per heavy atom.